The molecule has 2 rings (SSSR count). The van der Waals surface area contributed by atoms with Crippen LogP contribution in [0.5, 0.6) is 0 Å². The number of amides is 1. The molecule has 2 aromatic rings. The van der Waals surface area contributed by atoms with E-state index in [-0.39, 0.29) is 11.9 Å². The van der Waals surface area contributed by atoms with Gasteiger partial charge in [-0.25, -0.2) is 8.42 Å². The fourth-order valence-corrected chi connectivity index (χ4v) is 4.66. The smallest absolute Gasteiger partial charge is 0.244 e. The molecule has 0 saturated carbocycles. The summed E-state index contributed by atoms with van der Waals surface area (Å²) in [6.07, 6.45) is 2.15. The monoisotopic (exact) mass is 436 g/mol. The van der Waals surface area contributed by atoms with Gasteiger partial charge in [-0.05, 0) is 67.6 Å². The summed E-state index contributed by atoms with van der Waals surface area (Å²) in [6.45, 7) is 7.87. The van der Waals surface area contributed by atoms with Crippen LogP contribution in [0.25, 0.3) is 0 Å². The predicted octanol–water partition coefficient (Wildman–Crippen LogP) is 4.77. The predicted molar refractivity (Wildman–Crippen MR) is 120 cm³/mol. The zero-order valence-corrected chi connectivity index (χ0v) is 19.1. The summed E-state index contributed by atoms with van der Waals surface area (Å²) in [5.41, 5.74) is 3.77. The molecule has 7 heteroatoms. The van der Waals surface area contributed by atoms with E-state index in [1.165, 1.54) is 9.87 Å². The van der Waals surface area contributed by atoms with Gasteiger partial charge < -0.3 is 5.32 Å². The molecule has 0 saturated heterocycles. The molecule has 2 aromatic carbocycles. The van der Waals surface area contributed by atoms with Gasteiger partial charge in [-0.2, -0.15) is 0 Å². The molecule has 1 amide bonds. The molecule has 1 N–H and O–H groups in total. The fraction of sp³-hybridized carbons (Fsp3) is 0.409. The quantitative estimate of drug-likeness (QED) is 0.648. The Hall–Kier alpha value is -2.05. The van der Waals surface area contributed by atoms with E-state index in [2.05, 4.69) is 11.4 Å². The zero-order valence-electron chi connectivity index (χ0n) is 17.6. The number of carbonyl (C=O) groups is 1. The lowest BCUT2D eigenvalue weighted by atomic mass is 9.99. The van der Waals surface area contributed by atoms with Crippen LogP contribution in [0.15, 0.2) is 42.5 Å². The van der Waals surface area contributed by atoms with Crippen molar-refractivity contribution < 1.29 is 13.2 Å². The topological polar surface area (TPSA) is 66.5 Å². The van der Waals surface area contributed by atoms with Crippen molar-refractivity contribution in [2.45, 2.75) is 52.6 Å². The van der Waals surface area contributed by atoms with Crippen LogP contribution in [-0.2, 0) is 14.8 Å². The molecule has 0 aliphatic carbocycles. The molecule has 0 fully saturated rings. The van der Waals surface area contributed by atoms with Crippen molar-refractivity contribution in [1.82, 2.24) is 5.32 Å². The van der Waals surface area contributed by atoms with Gasteiger partial charge >= 0.3 is 0 Å². The number of rotatable bonds is 8. The summed E-state index contributed by atoms with van der Waals surface area (Å²) in [5, 5.41) is 3.54. The SMILES string of the molecule is CC[C@H](C(=O)N[C@H](CC)c1ccc(C)c(C)c1)N(c1ccc(Cl)cc1)S(C)(=O)=O. The Morgan fingerprint density at radius 3 is 2.14 bits per heavy atom. The Kier molecular flexibility index (Phi) is 7.72. The van der Waals surface area contributed by atoms with Gasteiger partial charge in [0.1, 0.15) is 6.04 Å². The maximum Gasteiger partial charge on any atom is 0.244 e. The number of halogens is 1. The van der Waals surface area contributed by atoms with E-state index >= 15 is 0 Å². The Morgan fingerprint density at radius 1 is 1.03 bits per heavy atom. The molecule has 0 unspecified atom stereocenters. The molecule has 0 aliphatic rings. The standard InChI is InChI=1S/C22H29ClN2O3S/c1-6-20(17-9-8-15(3)16(4)14-17)24-22(26)21(7-2)25(29(5,27)28)19-12-10-18(23)11-13-19/h8-14,20-21H,6-7H2,1-5H3,(H,24,26)/t20-,21-/m1/s1. The van der Waals surface area contributed by atoms with Crippen LogP contribution in [0.1, 0.15) is 49.4 Å². The van der Waals surface area contributed by atoms with Crippen molar-refractivity contribution in [2.24, 2.45) is 0 Å². The molecule has 29 heavy (non-hydrogen) atoms. The molecule has 0 bridgehead atoms. The summed E-state index contributed by atoms with van der Waals surface area (Å²) < 4.78 is 26.3. The van der Waals surface area contributed by atoms with Crippen LogP contribution in [-0.4, -0.2) is 26.6 Å². The minimum atomic E-state index is -3.68. The van der Waals surface area contributed by atoms with Gasteiger partial charge in [0.15, 0.2) is 0 Å². The lowest BCUT2D eigenvalue weighted by molar-refractivity contribution is -0.123. The van der Waals surface area contributed by atoms with Crippen molar-refractivity contribution in [2.75, 3.05) is 10.6 Å². The average molecular weight is 437 g/mol. The summed E-state index contributed by atoms with van der Waals surface area (Å²) in [6, 6.07) is 11.5. The first-order chi connectivity index (χ1) is 13.6. The van der Waals surface area contributed by atoms with Crippen molar-refractivity contribution >= 4 is 33.2 Å². The van der Waals surface area contributed by atoms with E-state index in [1.807, 2.05) is 32.9 Å². The van der Waals surface area contributed by atoms with Crippen molar-refractivity contribution in [1.29, 1.82) is 0 Å². The molecular weight excluding hydrogens is 408 g/mol. The highest BCUT2D eigenvalue weighted by molar-refractivity contribution is 7.92. The summed E-state index contributed by atoms with van der Waals surface area (Å²) in [7, 11) is -3.68. The maximum atomic E-state index is 13.2. The second-order valence-electron chi connectivity index (χ2n) is 7.27. The minimum absolute atomic E-state index is 0.192. The third-order valence-corrected chi connectivity index (χ3v) is 6.50. The summed E-state index contributed by atoms with van der Waals surface area (Å²) in [5.74, 6) is -0.321. The van der Waals surface area contributed by atoms with E-state index < -0.39 is 16.1 Å². The highest BCUT2D eigenvalue weighted by Crippen LogP contribution is 2.26. The van der Waals surface area contributed by atoms with Crippen molar-refractivity contribution in [3.8, 4) is 0 Å². The first-order valence-corrected chi connectivity index (χ1v) is 11.9. The number of carbonyl (C=O) groups excluding carboxylic acids is 1. The van der Waals surface area contributed by atoms with Crippen LogP contribution in [0, 0.1) is 13.8 Å². The number of nitrogens with zero attached hydrogens (tertiary/aromatic N) is 1. The van der Waals surface area contributed by atoms with E-state index in [4.69, 9.17) is 11.6 Å². The Balaban J connectivity index is 2.34. The van der Waals surface area contributed by atoms with Gasteiger partial charge in [0.05, 0.1) is 18.0 Å². The van der Waals surface area contributed by atoms with Crippen molar-refractivity contribution in [3.63, 3.8) is 0 Å². The second kappa shape index (κ2) is 9.63. The van der Waals surface area contributed by atoms with Crippen LogP contribution < -0.4 is 9.62 Å². The van der Waals surface area contributed by atoms with Gasteiger partial charge in [-0.1, -0.05) is 43.6 Å². The Morgan fingerprint density at radius 2 is 1.66 bits per heavy atom. The fourth-order valence-electron chi connectivity index (χ4n) is 3.32. The average Bonchev–Trinajstić information content (AvgIpc) is 2.66. The molecule has 0 aliphatic heterocycles. The molecule has 0 heterocycles. The third-order valence-electron chi connectivity index (χ3n) is 5.07. The second-order valence-corrected chi connectivity index (χ2v) is 9.57. The van der Waals surface area contributed by atoms with E-state index in [0.717, 1.165) is 17.4 Å². The van der Waals surface area contributed by atoms with Gasteiger partial charge in [-0.3, -0.25) is 9.10 Å². The van der Waals surface area contributed by atoms with E-state index in [1.54, 1.807) is 31.2 Å². The highest BCUT2D eigenvalue weighted by atomic mass is 35.5. The van der Waals surface area contributed by atoms with Gasteiger partial charge in [0, 0.05) is 5.02 Å². The Bertz CT molecular complexity index is 959. The highest BCUT2D eigenvalue weighted by Gasteiger charge is 2.32. The largest absolute Gasteiger partial charge is 0.347 e. The van der Waals surface area contributed by atoms with E-state index in [0.29, 0.717) is 23.6 Å². The molecule has 0 spiro atoms. The van der Waals surface area contributed by atoms with Crippen LogP contribution >= 0.6 is 11.6 Å². The molecule has 158 valence electrons. The number of anilines is 1. The van der Waals surface area contributed by atoms with Crippen LogP contribution in [0.3, 0.4) is 0 Å². The molecular formula is C22H29ClN2O3S. The number of sulfonamides is 1. The van der Waals surface area contributed by atoms with Gasteiger partial charge in [-0.15, -0.1) is 0 Å². The molecule has 0 radical (unpaired) electrons. The lowest BCUT2D eigenvalue weighted by Crippen LogP contribution is -2.50. The molecule has 0 aromatic heterocycles. The van der Waals surface area contributed by atoms with Gasteiger partial charge in [0.2, 0.25) is 15.9 Å². The Labute approximate surface area is 179 Å². The van der Waals surface area contributed by atoms with E-state index in [9.17, 15) is 13.2 Å². The first kappa shape index (κ1) is 23.2. The lowest BCUT2D eigenvalue weighted by Gasteiger charge is -2.31. The number of hydrogen-bond acceptors (Lipinski definition) is 3. The van der Waals surface area contributed by atoms with Crippen LogP contribution in [0.2, 0.25) is 5.02 Å². The first-order valence-electron chi connectivity index (χ1n) is 9.71. The normalized spacial score (nSPS) is 13.6. The maximum absolute atomic E-state index is 13.2. The number of aryl methyl sites for hydroxylation is 2. The minimum Gasteiger partial charge on any atom is -0.347 e. The summed E-state index contributed by atoms with van der Waals surface area (Å²) >= 11 is 5.94. The number of nitrogens with one attached hydrogen (secondary N) is 1. The molecule has 2 atom stereocenters. The number of hydrogen-bond donors (Lipinski definition) is 1. The third kappa shape index (κ3) is 5.73. The number of benzene rings is 2. The zero-order chi connectivity index (χ0) is 21.8. The van der Waals surface area contributed by atoms with Crippen LogP contribution in [0.4, 0.5) is 5.69 Å². The molecule has 5 nitrogen and oxygen atoms in total. The summed E-state index contributed by atoms with van der Waals surface area (Å²) in [4.78, 5) is 13.2. The van der Waals surface area contributed by atoms with Gasteiger partial charge in [0.25, 0.3) is 0 Å². The van der Waals surface area contributed by atoms with Crippen molar-refractivity contribution in [3.05, 3.63) is 64.2 Å².